The van der Waals surface area contributed by atoms with E-state index in [1.807, 2.05) is 6.07 Å². The molecule has 0 bridgehead atoms. The molecule has 0 unspecified atom stereocenters. The highest BCUT2D eigenvalue weighted by atomic mass is 32.1. The molecule has 0 aromatic carbocycles. The average molecular weight is 280 g/mol. The normalized spacial score (nSPS) is 10.8. The third kappa shape index (κ3) is 5.33. The van der Waals surface area contributed by atoms with Crippen molar-refractivity contribution in [3.63, 3.8) is 0 Å². The summed E-state index contributed by atoms with van der Waals surface area (Å²) in [6.45, 7) is 6.63. The number of nitrogens with two attached hydrogens (primary N) is 1. The second-order valence-corrected chi connectivity index (χ2v) is 5.60. The molecule has 0 aliphatic rings. The van der Waals surface area contributed by atoms with E-state index in [0.717, 1.165) is 30.8 Å². The van der Waals surface area contributed by atoms with Crippen molar-refractivity contribution in [2.24, 2.45) is 5.73 Å². The van der Waals surface area contributed by atoms with E-state index in [4.69, 9.17) is 5.73 Å². The van der Waals surface area contributed by atoms with Crippen LogP contribution in [0.25, 0.3) is 0 Å². The third-order valence-corrected chi connectivity index (χ3v) is 4.17. The van der Waals surface area contributed by atoms with Gasteiger partial charge in [0.15, 0.2) is 0 Å². The number of hydrogen-bond acceptors (Lipinski definition) is 4. The van der Waals surface area contributed by atoms with Gasteiger partial charge in [-0.2, -0.15) is 0 Å². The quantitative estimate of drug-likeness (QED) is 0.752. The number of hydrogen-bond donors (Lipinski definition) is 2. The SMILES string of the molecule is CCC(CC)N(CCO)Cc1ccc(C#CCN)s1. The van der Waals surface area contributed by atoms with Crippen LogP contribution >= 0.6 is 11.3 Å². The molecule has 0 fully saturated rings. The van der Waals surface area contributed by atoms with Gasteiger partial charge in [0.1, 0.15) is 0 Å². The lowest BCUT2D eigenvalue weighted by Crippen LogP contribution is -2.35. The Bertz CT molecular complexity index is 415. The average Bonchev–Trinajstić information content (AvgIpc) is 2.85. The monoisotopic (exact) mass is 280 g/mol. The van der Waals surface area contributed by atoms with Crippen LogP contribution in [0.5, 0.6) is 0 Å². The van der Waals surface area contributed by atoms with Crippen LogP contribution in [0.1, 0.15) is 36.4 Å². The summed E-state index contributed by atoms with van der Waals surface area (Å²) in [7, 11) is 0. The second-order valence-electron chi connectivity index (χ2n) is 4.44. The maximum Gasteiger partial charge on any atom is 0.0772 e. The van der Waals surface area contributed by atoms with Gasteiger partial charge in [-0.1, -0.05) is 25.7 Å². The Hall–Kier alpha value is -0.860. The molecule has 0 saturated carbocycles. The van der Waals surface area contributed by atoms with Crippen molar-refractivity contribution in [1.82, 2.24) is 4.90 Å². The minimum atomic E-state index is 0.210. The lowest BCUT2D eigenvalue weighted by atomic mass is 10.1. The van der Waals surface area contributed by atoms with E-state index in [2.05, 4.69) is 36.7 Å². The van der Waals surface area contributed by atoms with Crippen molar-refractivity contribution in [2.45, 2.75) is 39.3 Å². The Labute approximate surface area is 120 Å². The third-order valence-electron chi connectivity index (χ3n) is 3.18. The first-order chi connectivity index (χ1) is 9.24. The molecule has 0 atom stereocenters. The summed E-state index contributed by atoms with van der Waals surface area (Å²) < 4.78 is 0. The number of rotatable bonds is 7. The zero-order valence-corrected chi connectivity index (χ0v) is 12.7. The largest absolute Gasteiger partial charge is 0.395 e. The topological polar surface area (TPSA) is 49.5 Å². The van der Waals surface area contributed by atoms with Crippen LogP contribution in [0.15, 0.2) is 12.1 Å². The first-order valence-corrected chi connectivity index (χ1v) is 7.69. The zero-order chi connectivity index (χ0) is 14.1. The standard InChI is InChI=1S/C15H24N2OS/c1-3-13(4-2)17(10-11-18)12-15-8-7-14(19-15)6-5-9-16/h7-8,13,18H,3-4,9-12,16H2,1-2H3. The van der Waals surface area contributed by atoms with Gasteiger partial charge in [0.25, 0.3) is 0 Å². The van der Waals surface area contributed by atoms with Gasteiger partial charge in [0.2, 0.25) is 0 Å². The highest BCUT2D eigenvalue weighted by molar-refractivity contribution is 7.12. The summed E-state index contributed by atoms with van der Waals surface area (Å²) in [6.07, 6.45) is 2.23. The van der Waals surface area contributed by atoms with Gasteiger partial charge in [-0.15, -0.1) is 11.3 Å². The number of thiophene rings is 1. The van der Waals surface area contributed by atoms with Crippen molar-refractivity contribution >= 4 is 11.3 Å². The van der Waals surface area contributed by atoms with Gasteiger partial charge in [-0.05, 0) is 25.0 Å². The van der Waals surface area contributed by atoms with E-state index < -0.39 is 0 Å². The molecule has 1 aromatic heterocycles. The van der Waals surface area contributed by atoms with Crippen molar-refractivity contribution in [3.05, 3.63) is 21.9 Å². The van der Waals surface area contributed by atoms with Gasteiger partial charge in [0.05, 0.1) is 18.0 Å². The molecule has 0 saturated heterocycles. The predicted octanol–water partition coefficient (Wildman–Crippen LogP) is 2.04. The fourth-order valence-corrected chi connectivity index (χ4v) is 3.10. The van der Waals surface area contributed by atoms with E-state index >= 15 is 0 Å². The Kier molecular flexibility index (Phi) is 7.76. The molecular formula is C15H24N2OS. The molecule has 19 heavy (non-hydrogen) atoms. The van der Waals surface area contributed by atoms with Gasteiger partial charge in [-0.25, -0.2) is 0 Å². The van der Waals surface area contributed by atoms with Gasteiger partial charge >= 0.3 is 0 Å². The second kappa shape index (κ2) is 9.11. The van der Waals surface area contributed by atoms with Crippen molar-refractivity contribution < 1.29 is 5.11 Å². The first kappa shape index (κ1) is 16.2. The summed E-state index contributed by atoms with van der Waals surface area (Å²) >= 11 is 1.71. The molecule has 3 nitrogen and oxygen atoms in total. The molecule has 1 heterocycles. The summed E-state index contributed by atoms with van der Waals surface area (Å²) in [4.78, 5) is 4.71. The molecule has 0 amide bonds. The number of nitrogens with zero attached hydrogens (tertiary/aromatic N) is 1. The van der Waals surface area contributed by atoms with E-state index in [9.17, 15) is 5.11 Å². The highest BCUT2D eigenvalue weighted by Crippen LogP contribution is 2.20. The molecule has 1 aromatic rings. The summed E-state index contributed by atoms with van der Waals surface area (Å²) in [6, 6.07) is 4.71. The summed E-state index contributed by atoms with van der Waals surface area (Å²) in [5.74, 6) is 5.94. The highest BCUT2D eigenvalue weighted by Gasteiger charge is 2.15. The Morgan fingerprint density at radius 3 is 2.68 bits per heavy atom. The first-order valence-electron chi connectivity index (χ1n) is 6.87. The lowest BCUT2D eigenvalue weighted by molar-refractivity contribution is 0.138. The molecular weight excluding hydrogens is 256 g/mol. The molecule has 106 valence electrons. The van der Waals surface area contributed by atoms with Crippen LogP contribution in [0.4, 0.5) is 0 Å². The maximum atomic E-state index is 9.20. The molecule has 3 N–H and O–H groups in total. The van der Waals surface area contributed by atoms with Gasteiger partial charge in [0, 0.05) is 24.0 Å². The maximum absolute atomic E-state index is 9.20. The minimum absolute atomic E-state index is 0.210. The Morgan fingerprint density at radius 1 is 1.37 bits per heavy atom. The molecule has 0 radical (unpaired) electrons. The molecule has 0 spiro atoms. The molecule has 0 aliphatic carbocycles. The number of aliphatic hydroxyl groups is 1. The van der Waals surface area contributed by atoms with Gasteiger partial charge < -0.3 is 10.8 Å². The molecule has 4 heteroatoms. The van der Waals surface area contributed by atoms with E-state index in [1.165, 1.54) is 4.88 Å². The fraction of sp³-hybridized carbons (Fsp3) is 0.600. The van der Waals surface area contributed by atoms with Crippen LogP contribution < -0.4 is 5.73 Å². The zero-order valence-electron chi connectivity index (χ0n) is 11.9. The van der Waals surface area contributed by atoms with Crippen LogP contribution in [-0.4, -0.2) is 35.7 Å². The Morgan fingerprint density at radius 2 is 2.11 bits per heavy atom. The van der Waals surface area contributed by atoms with Crippen LogP contribution in [0.3, 0.4) is 0 Å². The Balaban J connectivity index is 2.70. The van der Waals surface area contributed by atoms with E-state index in [1.54, 1.807) is 11.3 Å². The molecule has 0 aliphatic heterocycles. The van der Waals surface area contributed by atoms with Crippen molar-refractivity contribution in [1.29, 1.82) is 0 Å². The van der Waals surface area contributed by atoms with Crippen molar-refractivity contribution in [3.8, 4) is 11.8 Å². The van der Waals surface area contributed by atoms with E-state index in [-0.39, 0.29) is 6.61 Å². The van der Waals surface area contributed by atoms with Crippen LogP contribution in [-0.2, 0) is 6.54 Å². The lowest BCUT2D eigenvalue weighted by Gasteiger charge is -2.29. The smallest absolute Gasteiger partial charge is 0.0772 e. The predicted molar refractivity (Wildman–Crippen MR) is 82.1 cm³/mol. The minimum Gasteiger partial charge on any atom is -0.395 e. The molecule has 1 rings (SSSR count). The summed E-state index contributed by atoms with van der Waals surface area (Å²) in [5.41, 5.74) is 5.37. The number of aliphatic hydroxyl groups excluding tert-OH is 1. The van der Waals surface area contributed by atoms with E-state index in [0.29, 0.717) is 12.6 Å². The van der Waals surface area contributed by atoms with Gasteiger partial charge in [-0.3, -0.25) is 4.90 Å². The van der Waals surface area contributed by atoms with Crippen LogP contribution in [0, 0.1) is 11.8 Å². The summed E-state index contributed by atoms with van der Waals surface area (Å²) in [5, 5.41) is 9.20. The van der Waals surface area contributed by atoms with Crippen LogP contribution in [0.2, 0.25) is 0 Å². The van der Waals surface area contributed by atoms with Crippen molar-refractivity contribution in [2.75, 3.05) is 19.7 Å². The fourth-order valence-electron chi connectivity index (χ4n) is 2.19.